The van der Waals surface area contributed by atoms with Crippen molar-refractivity contribution in [3.8, 4) is 0 Å². The van der Waals surface area contributed by atoms with Crippen LogP contribution < -0.4 is 5.32 Å². The normalized spacial score (nSPS) is 21.1. The molecule has 1 aliphatic heterocycles. The highest BCUT2D eigenvalue weighted by atomic mass is 16.5. The van der Waals surface area contributed by atoms with Crippen molar-refractivity contribution in [2.24, 2.45) is 0 Å². The Kier molecular flexibility index (Phi) is 5.88. The van der Waals surface area contributed by atoms with Crippen molar-refractivity contribution in [3.63, 3.8) is 0 Å². The van der Waals surface area contributed by atoms with Crippen LogP contribution in [0.5, 0.6) is 0 Å². The van der Waals surface area contributed by atoms with E-state index in [2.05, 4.69) is 10.2 Å². The minimum atomic E-state index is -0.982. The van der Waals surface area contributed by atoms with Gasteiger partial charge in [0.1, 0.15) is 5.54 Å². The van der Waals surface area contributed by atoms with Crippen molar-refractivity contribution >= 4 is 5.97 Å². The second-order valence-corrected chi connectivity index (χ2v) is 4.90. The summed E-state index contributed by atoms with van der Waals surface area (Å²) in [5, 5.41) is 12.2. The predicted octanol–water partition coefficient (Wildman–Crippen LogP) is 0.552. The van der Waals surface area contributed by atoms with E-state index in [1.165, 1.54) is 26.4 Å². The first-order valence-corrected chi connectivity index (χ1v) is 6.28. The first-order chi connectivity index (χ1) is 8.08. The van der Waals surface area contributed by atoms with Gasteiger partial charge in [0, 0.05) is 20.2 Å². The van der Waals surface area contributed by atoms with Gasteiger partial charge in [0.25, 0.3) is 0 Å². The molecule has 17 heavy (non-hydrogen) atoms. The zero-order valence-electron chi connectivity index (χ0n) is 10.9. The molecule has 2 N–H and O–H groups in total. The number of rotatable bonds is 7. The van der Waals surface area contributed by atoms with Crippen LogP contribution in [0.2, 0.25) is 0 Å². The molecule has 0 aromatic rings. The predicted molar refractivity (Wildman–Crippen MR) is 66.2 cm³/mol. The van der Waals surface area contributed by atoms with Crippen LogP contribution in [-0.4, -0.2) is 61.4 Å². The van der Waals surface area contributed by atoms with E-state index >= 15 is 0 Å². The summed E-state index contributed by atoms with van der Waals surface area (Å²) in [7, 11) is 1.52. The molecule has 1 unspecified atom stereocenters. The van der Waals surface area contributed by atoms with Crippen LogP contribution in [0.15, 0.2) is 0 Å². The third-order valence-electron chi connectivity index (χ3n) is 3.30. The lowest BCUT2D eigenvalue weighted by Crippen LogP contribution is -2.54. The molecular formula is C12H24N2O3. The largest absolute Gasteiger partial charge is 0.480 e. The monoisotopic (exact) mass is 244 g/mol. The van der Waals surface area contributed by atoms with Crippen LogP contribution in [0.1, 0.15) is 26.2 Å². The highest BCUT2D eigenvalue weighted by Gasteiger charge is 2.32. The Bertz CT molecular complexity index is 242. The Labute approximate surface area is 103 Å². The highest BCUT2D eigenvalue weighted by molar-refractivity contribution is 5.78. The van der Waals surface area contributed by atoms with Crippen LogP contribution in [0, 0.1) is 0 Å². The van der Waals surface area contributed by atoms with E-state index < -0.39 is 11.5 Å². The van der Waals surface area contributed by atoms with Crippen molar-refractivity contribution in [1.82, 2.24) is 10.2 Å². The summed E-state index contributed by atoms with van der Waals surface area (Å²) in [4.78, 5) is 13.5. The quantitative estimate of drug-likeness (QED) is 0.685. The van der Waals surface area contributed by atoms with E-state index in [0.29, 0.717) is 6.54 Å². The first-order valence-electron chi connectivity index (χ1n) is 6.28. The molecule has 0 saturated carbocycles. The number of aliphatic carboxylic acids is 1. The fourth-order valence-electron chi connectivity index (χ4n) is 2.15. The average molecular weight is 244 g/mol. The minimum Gasteiger partial charge on any atom is -0.480 e. The maximum atomic E-state index is 11.1. The second-order valence-electron chi connectivity index (χ2n) is 4.90. The summed E-state index contributed by atoms with van der Waals surface area (Å²) in [6.07, 6.45) is 3.84. The van der Waals surface area contributed by atoms with Crippen LogP contribution in [-0.2, 0) is 9.53 Å². The first kappa shape index (κ1) is 14.4. The number of carboxylic acid groups (broad SMARTS) is 1. The summed E-state index contributed by atoms with van der Waals surface area (Å²) in [5.74, 6) is -0.863. The number of carboxylic acids is 1. The Hall–Kier alpha value is -0.650. The molecule has 1 saturated heterocycles. The topological polar surface area (TPSA) is 61.8 Å². The molecule has 0 amide bonds. The number of methoxy groups -OCH3 is 1. The number of nitrogens with zero attached hydrogens (tertiary/aromatic N) is 1. The molecule has 0 radical (unpaired) electrons. The molecule has 5 heteroatoms. The lowest BCUT2D eigenvalue weighted by Gasteiger charge is -2.30. The summed E-state index contributed by atoms with van der Waals surface area (Å²) in [5.41, 5.74) is -0.982. The fourth-order valence-corrected chi connectivity index (χ4v) is 2.15. The molecule has 0 aliphatic carbocycles. The number of likely N-dealkylation sites (tertiary alicyclic amines) is 1. The summed E-state index contributed by atoms with van der Waals surface area (Å²) >= 11 is 0. The van der Waals surface area contributed by atoms with Crippen LogP contribution in [0.4, 0.5) is 0 Å². The van der Waals surface area contributed by atoms with Crippen LogP contribution in [0.3, 0.4) is 0 Å². The Morgan fingerprint density at radius 1 is 1.41 bits per heavy atom. The lowest BCUT2D eigenvalue weighted by molar-refractivity contribution is -0.146. The Morgan fingerprint density at radius 2 is 2.06 bits per heavy atom. The standard InChI is InChI=1S/C12H24N2O3/c1-12(10-17-2,11(15)16)13-6-9-14-7-4-3-5-8-14/h13H,3-10H2,1-2H3,(H,15,16). The van der Waals surface area contributed by atoms with E-state index in [0.717, 1.165) is 19.6 Å². The molecule has 0 bridgehead atoms. The number of carbonyl (C=O) groups is 1. The SMILES string of the molecule is COCC(C)(NCCN1CCCCC1)C(=O)O. The summed E-state index contributed by atoms with van der Waals surface area (Å²) < 4.78 is 4.95. The van der Waals surface area contributed by atoms with Gasteiger partial charge in [-0.2, -0.15) is 0 Å². The van der Waals surface area contributed by atoms with Gasteiger partial charge in [-0.05, 0) is 32.9 Å². The van der Waals surface area contributed by atoms with Gasteiger partial charge in [-0.3, -0.25) is 10.1 Å². The zero-order valence-corrected chi connectivity index (χ0v) is 10.9. The van der Waals surface area contributed by atoms with Gasteiger partial charge >= 0.3 is 5.97 Å². The van der Waals surface area contributed by atoms with Crippen molar-refractivity contribution in [2.45, 2.75) is 31.7 Å². The maximum Gasteiger partial charge on any atom is 0.326 e. The molecule has 1 heterocycles. The molecule has 5 nitrogen and oxygen atoms in total. The van der Waals surface area contributed by atoms with Gasteiger partial charge in [-0.25, -0.2) is 0 Å². The smallest absolute Gasteiger partial charge is 0.326 e. The molecule has 1 aliphatic rings. The Morgan fingerprint density at radius 3 is 2.59 bits per heavy atom. The molecule has 1 atom stereocenters. The highest BCUT2D eigenvalue weighted by Crippen LogP contribution is 2.08. The molecule has 0 spiro atoms. The average Bonchev–Trinajstić information content (AvgIpc) is 2.30. The van der Waals surface area contributed by atoms with E-state index in [9.17, 15) is 4.79 Å². The second kappa shape index (κ2) is 6.93. The molecular weight excluding hydrogens is 220 g/mol. The number of nitrogens with one attached hydrogen (secondary N) is 1. The maximum absolute atomic E-state index is 11.1. The van der Waals surface area contributed by atoms with E-state index in [1.807, 2.05) is 0 Å². The molecule has 1 fully saturated rings. The zero-order chi connectivity index (χ0) is 12.7. The van der Waals surface area contributed by atoms with Gasteiger partial charge < -0.3 is 14.7 Å². The summed E-state index contributed by atoms with van der Waals surface area (Å²) in [6, 6.07) is 0. The molecule has 100 valence electrons. The van der Waals surface area contributed by atoms with E-state index in [-0.39, 0.29) is 6.61 Å². The molecule has 1 rings (SSSR count). The van der Waals surface area contributed by atoms with Gasteiger partial charge in [0.2, 0.25) is 0 Å². The van der Waals surface area contributed by atoms with Gasteiger partial charge in [-0.15, -0.1) is 0 Å². The number of piperidine rings is 1. The lowest BCUT2D eigenvalue weighted by atomic mass is 10.0. The van der Waals surface area contributed by atoms with Crippen molar-refractivity contribution < 1.29 is 14.6 Å². The van der Waals surface area contributed by atoms with Gasteiger partial charge in [0.15, 0.2) is 0 Å². The Balaban J connectivity index is 2.28. The van der Waals surface area contributed by atoms with Crippen molar-refractivity contribution in [1.29, 1.82) is 0 Å². The van der Waals surface area contributed by atoms with Gasteiger partial charge in [0.05, 0.1) is 6.61 Å². The minimum absolute atomic E-state index is 0.183. The molecule has 0 aromatic heterocycles. The van der Waals surface area contributed by atoms with Crippen LogP contribution >= 0.6 is 0 Å². The van der Waals surface area contributed by atoms with Crippen molar-refractivity contribution in [3.05, 3.63) is 0 Å². The third-order valence-corrected chi connectivity index (χ3v) is 3.30. The van der Waals surface area contributed by atoms with E-state index in [1.54, 1.807) is 6.92 Å². The third kappa shape index (κ3) is 4.61. The fraction of sp³-hybridized carbons (Fsp3) is 0.917. The number of ether oxygens (including phenoxy) is 1. The van der Waals surface area contributed by atoms with E-state index in [4.69, 9.17) is 9.84 Å². The van der Waals surface area contributed by atoms with Crippen LogP contribution in [0.25, 0.3) is 0 Å². The van der Waals surface area contributed by atoms with Crippen molar-refractivity contribution in [2.75, 3.05) is 39.9 Å². The number of hydrogen-bond donors (Lipinski definition) is 2. The number of hydrogen-bond acceptors (Lipinski definition) is 4. The summed E-state index contributed by atoms with van der Waals surface area (Å²) in [6.45, 7) is 5.71. The molecule has 0 aromatic carbocycles. The van der Waals surface area contributed by atoms with Gasteiger partial charge in [-0.1, -0.05) is 6.42 Å².